The Labute approximate surface area is 165 Å². The molecule has 0 radical (unpaired) electrons. The molecule has 0 unspecified atom stereocenters. The van der Waals surface area contributed by atoms with Crippen molar-refractivity contribution in [2.75, 3.05) is 32.9 Å². The molecule has 27 heavy (non-hydrogen) atoms. The molecule has 0 saturated carbocycles. The summed E-state index contributed by atoms with van der Waals surface area (Å²) >= 11 is 1.57. The van der Waals surface area contributed by atoms with Crippen LogP contribution in [0.5, 0.6) is 0 Å². The third kappa shape index (κ3) is 5.36. The fraction of sp³-hybridized carbons (Fsp3) is 0.474. The Bertz CT molecular complexity index is 862. The highest BCUT2D eigenvalue weighted by atomic mass is 32.2. The summed E-state index contributed by atoms with van der Waals surface area (Å²) in [5.74, 6) is 0.492. The molecular weight excluding hydrogens is 384 g/mol. The maximum absolute atomic E-state index is 12.1. The van der Waals surface area contributed by atoms with Crippen molar-refractivity contribution >= 4 is 21.8 Å². The number of likely N-dealkylation sites (tertiary alicyclic amines) is 1. The van der Waals surface area contributed by atoms with Gasteiger partial charge in [0.25, 0.3) is 0 Å². The standard InChI is InChI=1S/C19H26N2O4S2/c1-14-4-7-17(8-5-14)26-19-9-6-16(25-19)11-21-10-15(18(22)12-21)13-27(23,24)20(2)3/h4-9,15,18,22H,10-13H2,1-3H3/t15-,18+/m0/s1. The van der Waals surface area contributed by atoms with Crippen LogP contribution in [0.4, 0.5) is 0 Å². The van der Waals surface area contributed by atoms with Crippen molar-refractivity contribution in [3.05, 3.63) is 47.7 Å². The van der Waals surface area contributed by atoms with Gasteiger partial charge >= 0.3 is 0 Å². The molecule has 3 rings (SSSR count). The Balaban J connectivity index is 1.57. The van der Waals surface area contributed by atoms with Crippen LogP contribution in [0.15, 0.2) is 50.8 Å². The van der Waals surface area contributed by atoms with Gasteiger partial charge in [-0.2, -0.15) is 0 Å². The predicted molar refractivity (Wildman–Crippen MR) is 106 cm³/mol. The first kappa shape index (κ1) is 20.4. The van der Waals surface area contributed by atoms with Crippen molar-refractivity contribution in [1.29, 1.82) is 0 Å². The van der Waals surface area contributed by atoms with E-state index < -0.39 is 16.1 Å². The van der Waals surface area contributed by atoms with Crippen molar-refractivity contribution in [2.24, 2.45) is 5.92 Å². The molecule has 1 aliphatic heterocycles. The number of benzene rings is 1. The lowest BCUT2D eigenvalue weighted by atomic mass is 10.1. The summed E-state index contributed by atoms with van der Waals surface area (Å²) in [5, 5.41) is 11.1. The van der Waals surface area contributed by atoms with Crippen molar-refractivity contribution in [3.8, 4) is 0 Å². The number of hydrogen-bond acceptors (Lipinski definition) is 6. The summed E-state index contributed by atoms with van der Waals surface area (Å²) in [6.07, 6.45) is -0.643. The fourth-order valence-corrected chi connectivity index (χ4v) is 5.05. The normalized spacial score (nSPS) is 21.2. The topological polar surface area (TPSA) is 74.0 Å². The number of aliphatic hydroxyl groups excluding tert-OH is 1. The van der Waals surface area contributed by atoms with Gasteiger partial charge in [-0.15, -0.1) is 0 Å². The van der Waals surface area contributed by atoms with Crippen molar-refractivity contribution in [3.63, 3.8) is 0 Å². The molecule has 2 atom stereocenters. The van der Waals surface area contributed by atoms with Gasteiger partial charge in [0.2, 0.25) is 10.0 Å². The molecule has 1 aromatic heterocycles. The van der Waals surface area contributed by atoms with Crippen LogP contribution in [-0.2, 0) is 16.6 Å². The van der Waals surface area contributed by atoms with E-state index in [1.807, 2.05) is 17.0 Å². The van der Waals surface area contributed by atoms with Crippen LogP contribution < -0.4 is 0 Å². The zero-order valence-corrected chi connectivity index (χ0v) is 17.5. The first-order valence-corrected chi connectivity index (χ1v) is 11.3. The smallest absolute Gasteiger partial charge is 0.214 e. The van der Waals surface area contributed by atoms with Crippen LogP contribution in [0.1, 0.15) is 11.3 Å². The average Bonchev–Trinajstić information content (AvgIpc) is 3.16. The van der Waals surface area contributed by atoms with E-state index in [0.717, 1.165) is 15.7 Å². The van der Waals surface area contributed by atoms with E-state index in [1.54, 1.807) is 11.8 Å². The van der Waals surface area contributed by atoms with E-state index in [2.05, 4.69) is 31.2 Å². The Hall–Kier alpha value is -1.32. The molecule has 0 bridgehead atoms. The summed E-state index contributed by atoms with van der Waals surface area (Å²) in [4.78, 5) is 3.16. The van der Waals surface area contributed by atoms with Crippen molar-refractivity contribution in [1.82, 2.24) is 9.21 Å². The third-order valence-corrected chi connectivity index (χ3v) is 7.61. The van der Waals surface area contributed by atoms with Crippen molar-refractivity contribution in [2.45, 2.75) is 29.6 Å². The quantitative estimate of drug-likeness (QED) is 0.756. The molecule has 1 saturated heterocycles. The van der Waals surface area contributed by atoms with E-state index in [0.29, 0.717) is 19.6 Å². The first-order valence-electron chi connectivity index (χ1n) is 8.87. The second-order valence-corrected chi connectivity index (χ2v) is 10.5. The zero-order valence-electron chi connectivity index (χ0n) is 15.8. The minimum atomic E-state index is -3.32. The molecule has 2 aromatic rings. The fourth-order valence-electron chi connectivity index (χ4n) is 3.09. The monoisotopic (exact) mass is 410 g/mol. The van der Waals surface area contributed by atoms with Crippen LogP contribution in [0, 0.1) is 12.8 Å². The van der Waals surface area contributed by atoms with Crippen LogP contribution >= 0.6 is 11.8 Å². The van der Waals surface area contributed by atoms with Gasteiger partial charge in [-0.25, -0.2) is 12.7 Å². The molecule has 1 aromatic carbocycles. The molecule has 0 aliphatic carbocycles. The summed E-state index contributed by atoms with van der Waals surface area (Å²) in [7, 11) is -0.288. The lowest BCUT2D eigenvalue weighted by molar-refractivity contribution is 0.147. The van der Waals surface area contributed by atoms with Crippen LogP contribution in [-0.4, -0.2) is 61.8 Å². The summed E-state index contributed by atoms with van der Waals surface area (Å²) in [6.45, 7) is 3.61. The van der Waals surface area contributed by atoms with E-state index in [1.165, 1.54) is 24.0 Å². The minimum Gasteiger partial charge on any atom is -0.453 e. The lowest BCUT2D eigenvalue weighted by Crippen LogP contribution is -2.33. The highest BCUT2D eigenvalue weighted by Gasteiger charge is 2.35. The van der Waals surface area contributed by atoms with Gasteiger partial charge in [0, 0.05) is 38.0 Å². The number of aliphatic hydroxyl groups is 1. The molecule has 1 aliphatic rings. The first-order chi connectivity index (χ1) is 12.7. The number of rotatable bonds is 7. The molecule has 8 heteroatoms. The van der Waals surface area contributed by atoms with Gasteiger partial charge in [0.15, 0.2) is 5.09 Å². The minimum absolute atomic E-state index is 0.0374. The SMILES string of the molecule is Cc1ccc(Sc2ccc(CN3C[C@@H](CS(=O)(=O)N(C)C)[C@H](O)C3)o2)cc1. The van der Waals surface area contributed by atoms with Gasteiger partial charge in [-0.3, -0.25) is 4.90 Å². The summed E-state index contributed by atoms with van der Waals surface area (Å²) < 4.78 is 31.3. The van der Waals surface area contributed by atoms with Gasteiger partial charge in [0.05, 0.1) is 18.4 Å². The predicted octanol–water partition coefficient (Wildman–Crippen LogP) is 2.42. The zero-order chi connectivity index (χ0) is 19.6. The number of aryl methyl sites for hydroxylation is 1. The molecule has 0 spiro atoms. The number of sulfonamides is 1. The highest BCUT2D eigenvalue weighted by Crippen LogP contribution is 2.30. The average molecular weight is 411 g/mol. The molecule has 0 amide bonds. The lowest BCUT2D eigenvalue weighted by Gasteiger charge is -2.17. The van der Waals surface area contributed by atoms with Crippen LogP contribution in [0.3, 0.4) is 0 Å². The van der Waals surface area contributed by atoms with E-state index in [4.69, 9.17) is 4.42 Å². The Kier molecular flexibility index (Phi) is 6.32. The molecular formula is C19H26N2O4S2. The number of hydrogen-bond donors (Lipinski definition) is 1. The number of furan rings is 1. The van der Waals surface area contributed by atoms with Gasteiger partial charge in [-0.1, -0.05) is 29.5 Å². The third-order valence-electron chi connectivity index (χ3n) is 4.72. The van der Waals surface area contributed by atoms with E-state index in [9.17, 15) is 13.5 Å². The number of β-amino-alcohol motifs (C(OH)–C–C–N with tert-alkyl or cyclic N) is 1. The number of nitrogens with zero attached hydrogens (tertiary/aromatic N) is 2. The maximum Gasteiger partial charge on any atom is 0.214 e. The Morgan fingerprint density at radius 3 is 2.56 bits per heavy atom. The second kappa shape index (κ2) is 8.36. The second-order valence-electron chi connectivity index (χ2n) is 7.22. The van der Waals surface area contributed by atoms with Gasteiger partial charge in [-0.05, 0) is 31.2 Å². The summed E-state index contributed by atoms with van der Waals surface area (Å²) in [6, 6.07) is 12.1. The maximum atomic E-state index is 12.1. The van der Waals surface area contributed by atoms with Crippen LogP contribution in [0.2, 0.25) is 0 Å². The van der Waals surface area contributed by atoms with Gasteiger partial charge < -0.3 is 9.52 Å². The molecule has 1 N–H and O–H groups in total. The summed E-state index contributed by atoms with van der Waals surface area (Å²) in [5.41, 5.74) is 1.22. The molecule has 2 heterocycles. The molecule has 148 valence electrons. The Morgan fingerprint density at radius 1 is 1.19 bits per heavy atom. The highest BCUT2D eigenvalue weighted by molar-refractivity contribution is 7.99. The van der Waals surface area contributed by atoms with E-state index >= 15 is 0 Å². The van der Waals surface area contributed by atoms with Crippen LogP contribution in [0.25, 0.3) is 0 Å². The van der Waals surface area contributed by atoms with Gasteiger partial charge in [0.1, 0.15) is 5.76 Å². The molecule has 1 fully saturated rings. The molecule has 6 nitrogen and oxygen atoms in total. The van der Waals surface area contributed by atoms with E-state index in [-0.39, 0.29) is 11.7 Å². The Morgan fingerprint density at radius 2 is 1.89 bits per heavy atom. The largest absolute Gasteiger partial charge is 0.453 e. The van der Waals surface area contributed by atoms with Crippen molar-refractivity contribution < 1.29 is 17.9 Å².